The van der Waals surface area contributed by atoms with Crippen molar-refractivity contribution < 1.29 is 35.1 Å². The lowest BCUT2D eigenvalue weighted by atomic mass is 10.0. The topological polar surface area (TPSA) is 227 Å². The van der Waals surface area contributed by atoms with E-state index in [1.165, 1.54) is 0 Å². The second-order valence-electron chi connectivity index (χ2n) is 7.94. The van der Waals surface area contributed by atoms with E-state index < -0.39 is 42.0 Å². The van der Waals surface area contributed by atoms with Crippen molar-refractivity contribution in [3.63, 3.8) is 0 Å². The molecule has 10 N–H and O–H groups in total. The summed E-state index contributed by atoms with van der Waals surface area (Å²) < 4.78 is 0. The van der Waals surface area contributed by atoms with Gasteiger partial charge in [-0.2, -0.15) is 4.99 Å². The summed E-state index contributed by atoms with van der Waals surface area (Å²) in [6.45, 7) is 0.643. The molecule has 2 aliphatic heterocycles. The van der Waals surface area contributed by atoms with Crippen molar-refractivity contribution in [3.8, 4) is 0 Å². The molecule has 0 spiro atoms. The molecule has 1 fully saturated rings. The van der Waals surface area contributed by atoms with E-state index in [2.05, 4.69) is 15.3 Å². The third-order valence-electron chi connectivity index (χ3n) is 5.32. The molecule has 0 radical (unpaired) electrons. The number of aliphatic imine (C=N–C) groups is 2. The van der Waals surface area contributed by atoms with Crippen LogP contribution in [-0.4, -0.2) is 104 Å². The Morgan fingerprint density at radius 3 is 2.35 bits per heavy atom. The number of β-amino-alcohol motifs (C(OH)–C–C–N with tert-alkyl or cyclic N) is 1. The van der Waals surface area contributed by atoms with Crippen molar-refractivity contribution >= 4 is 23.7 Å². The summed E-state index contributed by atoms with van der Waals surface area (Å²) in [4.78, 5) is 31.8. The molecule has 0 aromatic rings. The standard InChI is InChI=1S/C18H32N6O7/c19-10(14(27)28)4-1-2-7-24-9-13(26)12(25)8-18(31)16(24)22-17(23-18)21-6-3-5-11(20)15(29)30/h10-13,25-26,31H,1-9,19-20H2,(H,21,23)(H,27,28)(H,29,30)/t10-,11-,12?,13?,18?/m0/s1. The Morgan fingerprint density at radius 2 is 1.74 bits per heavy atom. The molecule has 0 aromatic carbocycles. The summed E-state index contributed by atoms with van der Waals surface area (Å²) in [5.41, 5.74) is 9.24. The second-order valence-corrected chi connectivity index (χ2v) is 7.94. The van der Waals surface area contributed by atoms with Crippen LogP contribution in [0.4, 0.5) is 0 Å². The first kappa shape index (κ1) is 24.9. The number of carbonyl (C=O) groups is 2. The number of aliphatic carboxylic acids is 2. The summed E-state index contributed by atoms with van der Waals surface area (Å²) in [6.07, 6.45) is -0.492. The smallest absolute Gasteiger partial charge is 0.320 e. The molecule has 0 aromatic heterocycles. The number of aliphatic hydroxyl groups is 3. The van der Waals surface area contributed by atoms with Crippen LogP contribution in [0.15, 0.2) is 9.98 Å². The van der Waals surface area contributed by atoms with Crippen molar-refractivity contribution in [2.45, 2.75) is 68.5 Å². The van der Waals surface area contributed by atoms with Crippen LogP contribution in [-0.2, 0) is 9.59 Å². The molecule has 31 heavy (non-hydrogen) atoms. The van der Waals surface area contributed by atoms with Crippen molar-refractivity contribution in [3.05, 3.63) is 0 Å². The van der Waals surface area contributed by atoms with E-state index in [0.29, 0.717) is 25.8 Å². The lowest BCUT2D eigenvalue weighted by Gasteiger charge is -2.30. The maximum Gasteiger partial charge on any atom is 0.320 e. The molecule has 5 atom stereocenters. The first-order valence-electron chi connectivity index (χ1n) is 10.3. The highest BCUT2D eigenvalue weighted by molar-refractivity contribution is 6.07. The van der Waals surface area contributed by atoms with Gasteiger partial charge in [-0.3, -0.25) is 14.6 Å². The lowest BCUT2D eigenvalue weighted by molar-refractivity contribution is -0.139. The number of fused-ring (bicyclic) bond motifs is 1. The molecular weight excluding hydrogens is 412 g/mol. The summed E-state index contributed by atoms with van der Waals surface area (Å²) in [6, 6.07) is -1.92. The fourth-order valence-corrected chi connectivity index (χ4v) is 3.49. The van der Waals surface area contributed by atoms with Gasteiger partial charge in [0, 0.05) is 26.1 Å². The minimum absolute atomic E-state index is 0.0374. The van der Waals surface area contributed by atoms with Gasteiger partial charge in [-0.15, -0.1) is 0 Å². The van der Waals surface area contributed by atoms with E-state index in [0.717, 1.165) is 0 Å². The number of nitrogens with two attached hydrogens (primary N) is 2. The third-order valence-corrected chi connectivity index (χ3v) is 5.32. The van der Waals surface area contributed by atoms with Gasteiger partial charge in [-0.25, -0.2) is 0 Å². The number of hydrogen-bond acceptors (Lipinski definition) is 9. The van der Waals surface area contributed by atoms with E-state index in [9.17, 15) is 24.9 Å². The molecule has 2 rings (SSSR count). The van der Waals surface area contributed by atoms with Crippen LogP contribution in [0.1, 0.15) is 38.5 Å². The average Bonchev–Trinajstić information content (AvgIpc) is 2.98. The summed E-state index contributed by atoms with van der Waals surface area (Å²) in [5, 5.41) is 51.8. The highest BCUT2D eigenvalue weighted by Gasteiger charge is 2.48. The lowest BCUT2D eigenvalue weighted by Crippen LogP contribution is -2.54. The Kier molecular flexibility index (Phi) is 8.70. The van der Waals surface area contributed by atoms with E-state index >= 15 is 0 Å². The van der Waals surface area contributed by atoms with Gasteiger partial charge in [-0.1, -0.05) is 0 Å². The van der Waals surface area contributed by atoms with Crippen LogP contribution in [0.25, 0.3) is 0 Å². The van der Waals surface area contributed by atoms with Crippen molar-refractivity contribution in [1.82, 2.24) is 10.2 Å². The normalized spacial score (nSPS) is 29.0. The van der Waals surface area contributed by atoms with Gasteiger partial charge < -0.3 is 47.2 Å². The molecule has 0 saturated carbocycles. The number of carboxylic acids is 2. The molecule has 13 heteroatoms. The van der Waals surface area contributed by atoms with Crippen LogP contribution in [0.2, 0.25) is 0 Å². The zero-order valence-corrected chi connectivity index (χ0v) is 17.2. The maximum absolute atomic E-state index is 11.0. The summed E-state index contributed by atoms with van der Waals surface area (Å²) >= 11 is 0. The highest BCUT2D eigenvalue weighted by atomic mass is 16.4. The fraction of sp³-hybridized carbons (Fsp3) is 0.778. The molecule has 3 unspecified atom stereocenters. The number of unbranched alkanes of at least 4 members (excludes halogenated alkanes) is 1. The summed E-state index contributed by atoms with van der Waals surface area (Å²) in [5.74, 6) is -1.80. The van der Waals surface area contributed by atoms with Crippen LogP contribution in [0, 0.1) is 0 Å². The molecular formula is C18H32N6O7. The molecule has 176 valence electrons. The Labute approximate surface area is 179 Å². The summed E-state index contributed by atoms with van der Waals surface area (Å²) in [7, 11) is 0. The molecule has 1 saturated heterocycles. The van der Waals surface area contributed by atoms with Gasteiger partial charge in [0.05, 0.1) is 12.2 Å². The average molecular weight is 444 g/mol. The van der Waals surface area contributed by atoms with E-state index in [1.807, 2.05) is 0 Å². The quantitative estimate of drug-likeness (QED) is 0.152. The SMILES string of the molecule is N[C@@H](CCCCN1CC(O)C(O)CC2(O)NC(=NCCC[C@H](N)C(=O)O)N=C12)C(=O)O. The van der Waals surface area contributed by atoms with Crippen molar-refractivity contribution in [2.24, 2.45) is 21.5 Å². The van der Waals surface area contributed by atoms with Gasteiger partial charge in [0.1, 0.15) is 12.1 Å². The Morgan fingerprint density at radius 1 is 1.13 bits per heavy atom. The minimum atomic E-state index is -1.72. The zero-order valence-electron chi connectivity index (χ0n) is 17.2. The molecule has 2 heterocycles. The number of rotatable bonds is 11. The number of nitrogens with one attached hydrogen (secondary N) is 1. The number of aliphatic hydroxyl groups excluding tert-OH is 2. The molecule has 2 aliphatic rings. The number of hydrogen-bond donors (Lipinski definition) is 8. The Hall–Kier alpha value is -2.32. The van der Waals surface area contributed by atoms with Gasteiger partial charge in [-0.05, 0) is 32.1 Å². The fourth-order valence-electron chi connectivity index (χ4n) is 3.49. The zero-order chi connectivity index (χ0) is 23.2. The molecule has 0 aliphatic carbocycles. The van der Waals surface area contributed by atoms with E-state index in [-0.39, 0.29) is 44.1 Å². The number of nitrogens with zero attached hydrogens (tertiary/aromatic N) is 3. The third kappa shape index (κ3) is 6.83. The highest BCUT2D eigenvalue weighted by Crippen LogP contribution is 2.26. The number of guanidine groups is 1. The van der Waals surface area contributed by atoms with Crippen LogP contribution < -0.4 is 16.8 Å². The van der Waals surface area contributed by atoms with Gasteiger partial charge in [0.25, 0.3) is 0 Å². The Balaban J connectivity index is 2.03. The maximum atomic E-state index is 11.0. The first-order valence-corrected chi connectivity index (χ1v) is 10.3. The molecule has 0 amide bonds. The number of amidine groups is 1. The van der Waals surface area contributed by atoms with Gasteiger partial charge in [0.15, 0.2) is 11.6 Å². The van der Waals surface area contributed by atoms with Crippen molar-refractivity contribution in [1.29, 1.82) is 0 Å². The van der Waals surface area contributed by atoms with Gasteiger partial charge in [0.2, 0.25) is 5.96 Å². The molecule has 0 bridgehead atoms. The van der Waals surface area contributed by atoms with E-state index in [1.54, 1.807) is 4.90 Å². The molecule has 13 nitrogen and oxygen atoms in total. The number of likely N-dealkylation sites (tertiary alicyclic amines) is 1. The van der Waals surface area contributed by atoms with Gasteiger partial charge >= 0.3 is 11.9 Å². The predicted molar refractivity (Wildman–Crippen MR) is 110 cm³/mol. The Bertz CT molecular complexity index is 718. The first-order chi connectivity index (χ1) is 14.5. The number of carboxylic acid groups (broad SMARTS) is 2. The second kappa shape index (κ2) is 10.8. The largest absolute Gasteiger partial charge is 0.480 e. The van der Waals surface area contributed by atoms with E-state index in [4.69, 9.17) is 21.7 Å². The minimum Gasteiger partial charge on any atom is -0.480 e. The van der Waals surface area contributed by atoms with Crippen LogP contribution >= 0.6 is 0 Å². The monoisotopic (exact) mass is 444 g/mol. The van der Waals surface area contributed by atoms with Crippen LogP contribution in [0.3, 0.4) is 0 Å². The van der Waals surface area contributed by atoms with Crippen molar-refractivity contribution in [2.75, 3.05) is 19.6 Å². The van der Waals surface area contributed by atoms with Crippen LogP contribution in [0.5, 0.6) is 0 Å². The predicted octanol–water partition coefficient (Wildman–Crippen LogP) is -2.77.